The zero-order valence-electron chi connectivity index (χ0n) is 16.3. The molecular formula is C20H22N4O5S. The van der Waals surface area contributed by atoms with Gasteiger partial charge in [0, 0.05) is 5.69 Å². The Balaban J connectivity index is 1.34. The molecule has 1 aromatic rings. The predicted octanol–water partition coefficient (Wildman–Crippen LogP) is 2.08. The van der Waals surface area contributed by atoms with Gasteiger partial charge in [-0.25, -0.2) is 4.79 Å². The quantitative estimate of drug-likeness (QED) is 0.691. The molecule has 0 atom stereocenters. The van der Waals surface area contributed by atoms with Crippen LogP contribution in [0.3, 0.4) is 0 Å². The molecule has 9 nitrogen and oxygen atoms in total. The van der Waals surface area contributed by atoms with E-state index in [0.717, 1.165) is 41.5 Å². The number of hydrogen-bond acceptors (Lipinski definition) is 6. The van der Waals surface area contributed by atoms with Crippen molar-refractivity contribution in [2.24, 2.45) is 0 Å². The van der Waals surface area contributed by atoms with E-state index in [0.29, 0.717) is 18.5 Å². The van der Waals surface area contributed by atoms with Gasteiger partial charge in [-0.2, -0.15) is 0 Å². The summed E-state index contributed by atoms with van der Waals surface area (Å²) < 4.78 is 0. The molecule has 2 saturated heterocycles. The third kappa shape index (κ3) is 3.91. The Kier molecular flexibility index (Phi) is 5.50. The van der Waals surface area contributed by atoms with Crippen LogP contribution in [0.4, 0.5) is 15.3 Å². The molecule has 0 unspecified atom stereocenters. The van der Waals surface area contributed by atoms with E-state index in [1.807, 2.05) is 0 Å². The topological polar surface area (TPSA) is 116 Å². The number of hydrogen-bond donors (Lipinski definition) is 2. The molecule has 2 heterocycles. The van der Waals surface area contributed by atoms with Gasteiger partial charge in [0.05, 0.1) is 12.3 Å². The lowest BCUT2D eigenvalue weighted by atomic mass is 9.82. The number of anilines is 1. The van der Waals surface area contributed by atoms with Gasteiger partial charge in [0.25, 0.3) is 11.1 Å². The van der Waals surface area contributed by atoms with Crippen LogP contribution in [0.2, 0.25) is 0 Å². The maximum absolute atomic E-state index is 12.7. The van der Waals surface area contributed by atoms with Gasteiger partial charge in [-0.3, -0.25) is 29.0 Å². The lowest BCUT2D eigenvalue weighted by Gasteiger charge is -2.30. The second-order valence-electron chi connectivity index (χ2n) is 7.74. The summed E-state index contributed by atoms with van der Waals surface area (Å²) >= 11 is 0.983. The van der Waals surface area contributed by atoms with Crippen molar-refractivity contribution in [3.8, 4) is 0 Å². The number of urea groups is 1. The minimum absolute atomic E-state index is 0.164. The number of amides is 6. The van der Waals surface area contributed by atoms with Crippen LogP contribution in [0.1, 0.15) is 37.7 Å². The van der Waals surface area contributed by atoms with Crippen molar-refractivity contribution in [3.63, 3.8) is 0 Å². The van der Waals surface area contributed by atoms with E-state index in [-0.39, 0.29) is 35.9 Å². The van der Waals surface area contributed by atoms with Gasteiger partial charge < -0.3 is 10.6 Å². The Morgan fingerprint density at radius 3 is 2.37 bits per heavy atom. The minimum Gasteiger partial charge on any atom is -0.325 e. The fourth-order valence-corrected chi connectivity index (χ4v) is 4.79. The number of carbonyl (C=O) groups is 5. The lowest BCUT2D eigenvalue weighted by Crippen LogP contribution is -2.48. The highest BCUT2D eigenvalue weighted by Crippen LogP contribution is 2.33. The third-order valence-corrected chi connectivity index (χ3v) is 6.53. The summed E-state index contributed by atoms with van der Waals surface area (Å²) in [5.74, 6) is -0.848. The molecule has 10 heteroatoms. The number of nitrogens with zero attached hydrogens (tertiary/aromatic N) is 2. The molecule has 0 radical (unpaired) electrons. The Hall–Kier alpha value is -2.88. The molecular weight excluding hydrogens is 408 g/mol. The largest absolute Gasteiger partial charge is 0.325 e. The van der Waals surface area contributed by atoms with Gasteiger partial charge in [0.2, 0.25) is 11.8 Å². The van der Waals surface area contributed by atoms with Crippen molar-refractivity contribution >= 4 is 46.4 Å². The highest BCUT2D eigenvalue weighted by molar-refractivity contribution is 8.14. The molecule has 1 aliphatic carbocycles. The SMILES string of the molecule is O=C(CN1C(=O)NC2(CCCCC2)C1=O)Nc1ccc(CN2C(=O)CSC2=O)cc1. The summed E-state index contributed by atoms with van der Waals surface area (Å²) in [5.41, 5.74) is 0.405. The molecule has 0 aromatic heterocycles. The van der Waals surface area contributed by atoms with Crippen molar-refractivity contribution in [3.05, 3.63) is 29.8 Å². The van der Waals surface area contributed by atoms with E-state index >= 15 is 0 Å². The van der Waals surface area contributed by atoms with Crippen LogP contribution in [0.15, 0.2) is 24.3 Å². The van der Waals surface area contributed by atoms with Gasteiger partial charge in [-0.15, -0.1) is 0 Å². The number of thioether (sulfide) groups is 1. The Morgan fingerprint density at radius 2 is 1.73 bits per heavy atom. The van der Waals surface area contributed by atoms with Crippen LogP contribution >= 0.6 is 11.8 Å². The van der Waals surface area contributed by atoms with Crippen LogP contribution in [0, 0.1) is 0 Å². The zero-order valence-corrected chi connectivity index (χ0v) is 17.1. The molecule has 1 spiro atoms. The summed E-state index contributed by atoms with van der Waals surface area (Å²) in [6, 6.07) is 6.21. The molecule has 158 valence electrons. The van der Waals surface area contributed by atoms with Crippen LogP contribution in [-0.2, 0) is 20.9 Å². The number of nitrogens with one attached hydrogen (secondary N) is 2. The highest BCUT2D eigenvalue weighted by atomic mass is 32.2. The molecule has 30 heavy (non-hydrogen) atoms. The first kappa shape index (κ1) is 20.4. The average molecular weight is 430 g/mol. The summed E-state index contributed by atoms with van der Waals surface area (Å²) in [6.45, 7) is -0.161. The van der Waals surface area contributed by atoms with Gasteiger partial charge in [0.1, 0.15) is 12.1 Å². The highest BCUT2D eigenvalue weighted by Gasteiger charge is 2.51. The lowest BCUT2D eigenvalue weighted by molar-refractivity contribution is -0.134. The second-order valence-corrected chi connectivity index (χ2v) is 8.67. The Morgan fingerprint density at radius 1 is 1.03 bits per heavy atom. The zero-order chi connectivity index (χ0) is 21.3. The Labute approximate surface area is 177 Å². The molecule has 0 bridgehead atoms. The standard InChI is InChI=1S/C20H22N4O5S/c25-15(11-24-17(27)20(22-18(24)28)8-2-1-3-9-20)21-14-6-4-13(5-7-14)10-23-16(26)12-30-19(23)29/h4-7H,1-3,8-12H2,(H,21,25)(H,22,28). The normalized spacial score (nSPS) is 20.8. The van der Waals surface area contributed by atoms with Crippen LogP contribution < -0.4 is 10.6 Å². The van der Waals surface area contributed by atoms with Crippen molar-refractivity contribution in [2.45, 2.75) is 44.2 Å². The van der Waals surface area contributed by atoms with Gasteiger partial charge in [0.15, 0.2) is 0 Å². The average Bonchev–Trinajstić information content (AvgIpc) is 3.15. The molecule has 3 aliphatic rings. The predicted molar refractivity (Wildman–Crippen MR) is 110 cm³/mol. The van der Waals surface area contributed by atoms with Gasteiger partial charge in [-0.1, -0.05) is 43.2 Å². The molecule has 4 rings (SSSR count). The second kappa shape index (κ2) is 8.10. The summed E-state index contributed by atoms with van der Waals surface area (Å²) in [7, 11) is 0. The summed E-state index contributed by atoms with van der Waals surface area (Å²) in [5, 5.41) is 5.20. The van der Waals surface area contributed by atoms with E-state index in [2.05, 4.69) is 10.6 Å². The first-order chi connectivity index (χ1) is 14.4. The van der Waals surface area contributed by atoms with Gasteiger partial charge in [-0.05, 0) is 30.5 Å². The number of benzene rings is 1. The van der Waals surface area contributed by atoms with Crippen molar-refractivity contribution < 1.29 is 24.0 Å². The van der Waals surface area contributed by atoms with Crippen molar-refractivity contribution in [2.75, 3.05) is 17.6 Å². The minimum atomic E-state index is -0.847. The number of imide groups is 2. The van der Waals surface area contributed by atoms with E-state index in [1.165, 1.54) is 4.90 Å². The molecule has 1 aromatic carbocycles. The monoisotopic (exact) mass is 430 g/mol. The summed E-state index contributed by atoms with van der Waals surface area (Å²) in [4.78, 5) is 62.9. The fourth-order valence-electron chi connectivity index (χ4n) is 4.07. The van der Waals surface area contributed by atoms with E-state index in [1.54, 1.807) is 24.3 Å². The van der Waals surface area contributed by atoms with E-state index in [4.69, 9.17) is 0 Å². The smallest absolute Gasteiger partial charge is 0.325 e. The molecule has 2 aliphatic heterocycles. The third-order valence-electron chi connectivity index (χ3n) is 5.67. The molecule has 6 amide bonds. The van der Waals surface area contributed by atoms with Gasteiger partial charge >= 0.3 is 6.03 Å². The Bertz CT molecular complexity index is 894. The summed E-state index contributed by atoms with van der Waals surface area (Å²) in [6.07, 6.45) is 4.02. The maximum Gasteiger partial charge on any atom is 0.325 e. The van der Waals surface area contributed by atoms with Crippen LogP contribution in [-0.4, -0.2) is 56.6 Å². The first-order valence-corrected chi connectivity index (χ1v) is 10.9. The van der Waals surface area contributed by atoms with Crippen LogP contribution in [0.25, 0.3) is 0 Å². The van der Waals surface area contributed by atoms with Crippen molar-refractivity contribution in [1.29, 1.82) is 0 Å². The van der Waals surface area contributed by atoms with Crippen LogP contribution in [0.5, 0.6) is 0 Å². The molecule has 1 saturated carbocycles. The van der Waals surface area contributed by atoms with Crippen molar-refractivity contribution in [1.82, 2.24) is 15.1 Å². The van der Waals surface area contributed by atoms with E-state index in [9.17, 15) is 24.0 Å². The van der Waals surface area contributed by atoms with E-state index < -0.39 is 17.5 Å². The number of rotatable bonds is 5. The molecule has 2 N–H and O–H groups in total. The fraction of sp³-hybridized carbons (Fsp3) is 0.450. The maximum atomic E-state index is 12.7. The molecule has 3 fully saturated rings. The number of carbonyl (C=O) groups excluding carboxylic acids is 5. The first-order valence-electron chi connectivity index (χ1n) is 9.88.